The van der Waals surface area contributed by atoms with Gasteiger partial charge in [0.05, 0.1) is 15.8 Å². The maximum atomic E-state index is 12.9. The highest BCUT2D eigenvalue weighted by Crippen LogP contribution is 2.35. The second-order valence-corrected chi connectivity index (χ2v) is 8.24. The molecule has 4 aromatic rings. The van der Waals surface area contributed by atoms with Crippen LogP contribution in [0.15, 0.2) is 66.7 Å². The van der Waals surface area contributed by atoms with E-state index in [0.717, 1.165) is 29.1 Å². The Morgan fingerprint density at radius 3 is 2.40 bits per heavy atom. The number of alkyl halides is 3. The average molecular weight is 464 g/mol. The zero-order chi connectivity index (χ0) is 21.3. The summed E-state index contributed by atoms with van der Waals surface area (Å²) in [4.78, 5) is 4.38. The predicted octanol–water partition coefficient (Wildman–Crippen LogP) is 7.44. The molecule has 0 unspecified atom stereocenters. The van der Waals surface area contributed by atoms with Crippen LogP contribution in [-0.4, -0.2) is 10.1 Å². The number of benzene rings is 3. The molecule has 9 heteroatoms. The van der Waals surface area contributed by atoms with Crippen molar-refractivity contribution in [2.75, 3.05) is 10.6 Å². The zero-order valence-electron chi connectivity index (χ0n) is 15.1. The maximum Gasteiger partial charge on any atom is 0.416 e. The molecule has 0 fully saturated rings. The molecule has 0 amide bonds. The van der Waals surface area contributed by atoms with Crippen molar-refractivity contribution >= 4 is 61.9 Å². The van der Waals surface area contributed by atoms with Crippen molar-refractivity contribution in [1.82, 2.24) is 4.98 Å². The van der Waals surface area contributed by atoms with Gasteiger partial charge in [-0.25, -0.2) is 4.98 Å². The predicted molar refractivity (Wildman–Crippen MR) is 121 cm³/mol. The van der Waals surface area contributed by atoms with Crippen molar-refractivity contribution in [1.29, 1.82) is 0 Å². The number of hydrogen-bond acceptors (Lipinski definition) is 3. The average Bonchev–Trinajstić information content (AvgIpc) is 3.13. The van der Waals surface area contributed by atoms with E-state index in [-0.39, 0.29) is 0 Å². The molecule has 0 spiro atoms. The van der Waals surface area contributed by atoms with E-state index in [1.165, 1.54) is 17.4 Å². The Morgan fingerprint density at radius 1 is 0.933 bits per heavy atom. The molecule has 1 heterocycles. The fourth-order valence-electron chi connectivity index (χ4n) is 2.78. The molecule has 0 saturated carbocycles. The Hall–Kier alpha value is -2.68. The molecule has 0 aliphatic heterocycles. The SMILES string of the molecule is FC(F)(F)c1ccc2sc(-c3cccc(NC(=S)Nc4ccc(Cl)cc4)c3)nc2c1. The number of fused-ring (bicyclic) bond motifs is 1. The third-order valence-electron chi connectivity index (χ3n) is 4.18. The molecule has 0 bridgehead atoms. The second-order valence-electron chi connectivity index (χ2n) is 6.37. The number of hydrogen-bond donors (Lipinski definition) is 2. The monoisotopic (exact) mass is 463 g/mol. The highest BCUT2D eigenvalue weighted by Gasteiger charge is 2.30. The van der Waals surface area contributed by atoms with E-state index in [1.807, 2.05) is 36.4 Å². The van der Waals surface area contributed by atoms with Crippen molar-refractivity contribution in [2.24, 2.45) is 0 Å². The van der Waals surface area contributed by atoms with E-state index >= 15 is 0 Å². The van der Waals surface area contributed by atoms with Crippen LogP contribution in [0.1, 0.15) is 5.56 Å². The van der Waals surface area contributed by atoms with Crippen molar-refractivity contribution in [3.8, 4) is 10.6 Å². The van der Waals surface area contributed by atoms with Crippen LogP contribution >= 0.6 is 35.2 Å². The Balaban J connectivity index is 1.54. The molecule has 4 rings (SSSR count). The molecule has 0 aliphatic rings. The number of thiocarbonyl (C=S) groups is 1. The van der Waals surface area contributed by atoms with Gasteiger partial charge in [0.25, 0.3) is 0 Å². The minimum atomic E-state index is -4.39. The summed E-state index contributed by atoms with van der Waals surface area (Å²) in [6.45, 7) is 0. The topological polar surface area (TPSA) is 37.0 Å². The largest absolute Gasteiger partial charge is 0.416 e. The van der Waals surface area contributed by atoms with Crippen LogP contribution in [0.3, 0.4) is 0 Å². The first-order valence-corrected chi connectivity index (χ1v) is 10.3. The highest BCUT2D eigenvalue weighted by atomic mass is 35.5. The van der Waals surface area contributed by atoms with E-state index < -0.39 is 11.7 Å². The molecule has 0 atom stereocenters. The molecule has 2 N–H and O–H groups in total. The molecule has 152 valence electrons. The van der Waals surface area contributed by atoms with Crippen LogP contribution in [0.2, 0.25) is 5.02 Å². The highest BCUT2D eigenvalue weighted by molar-refractivity contribution is 7.80. The van der Waals surface area contributed by atoms with Crippen molar-refractivity contribution in [3.63, 3.8) is 0 Å². The van der Waals surface area contributed by atoms with Crippen LogP contribution in [0.5, 0.6) is 0 Å². The summed E-state index contributed by atoms with van der Waals surface area (Å²) >= 11 is 12.5. The Kier molecular flexibility index (Phi) is 5.64. The first-order chi connectivity index (χ1) is 14.3. The smallest absolute Gasteiger partial charge is 0.332 e. The van der Waals surface area contributed by atoms with Gasteiger partial charge in [-0.3, -0.25) is 0 Å². The minimum absolute atomic E-state index is 0.322. The van der Waals surface area contributed by atoms with Gasteiger partial charge in [-0.15, -0.1) is 11.3 Å². The molecular weight excluding hydrogens is 451 g/mol. The van der Waals surface area contributed by atoms with Crippen molar-refractivity contribution in [2.45, 2.75) is 6.18 Å². The number of rotatable bonds is 3. The normalized spacial score (nSPS) is 11.5. The van der Waals surface area contributed by atoms with Crippen molar-refractivity contribution < 1.29 is 13.2 Å². The van der Waals surface area contributed by atoms with Gasteiger partial charge in [0.1, 0.15) is 5.01 Å². The number of halogens is 4. The molecule has 30 heavy (non-hydrogen) atoms. The Bertz CT molecular complexity index is 1220. The summed E-state index contributed by atoms with van der Waals surface area (Å²) in [6, 6.07) is 18.1. The molecule has 0 aliphatic carbocycles. The van der Waals surface area contributed by atoms with Crippen LogP contribution < -0.4 is 10.6 Å². The van der Waals surface area contributed by atoms with Crippen LogP contribution in [0, 0.1) is 0 Å². The molecule has 3 nitrogen and oxygen atoms in total. The summed E-state index contributed by atoms with van der Waals surface area (Å²) in [5, 5.41) is 7.81. The Labute approximate surface area is 184 Å². The lowest BCUT2D eigenvalue weighted by molar-refractivity contribution is -0.137. The van der Waals surface area contributed by atoms with Crippen LogP contribution in [0.4, 0.5) is 24.5 Å². The van der Waals surface area contributed by atoms with Gasteiger partial charge in [0.15, 0.2) is 5.11 Å². The summed E-state index contributed by atoms with van der Waals surface area (Å²) < 4.78 is 39.5. The number of aromatic nitrogens is 1. The van der Waals surface area contributed by atoms with Gasteiger partial charge < -0.3 is 10.6 Å². The van der Waals surface area contributed by atoms with Gasteiger partial charge in [0.2, 0.25) is 0 Å². The lowest BCUT2D eigenvalue weighted by Crippen LogP contribution is -2.18. The standard InChI is InChI=1S/C21H13ClF3N3S2/c22-14-5-7-15(8-6-14)26-20(29)27-16-3-1-2-12(10-16)19-28-17-11-13(21(23,24)25)4-9-18(17)30-19/h1-11H,(H2,26,27,29). The van der Waals surface area contributed by atoms with E-state index in [1.54, 1.807) is 12.1 Å². The number of anilines is 2. The summed E-state index contributed by atoms with van der Waals surface area (Å²) in [7, 11) is 0. The van der Waals surface area contributed by atoms with E-state index in [0.29, 0.717) is 25.4 Å². The van der Waals surface area contributed by atoms with Gasteiger partial charge in [-0.05, 0) is 66.8 Å². The summed E-state index contributed by atoms with van der Waals surface area (Å²) in [6.07, 6.45) is -4.39. The molecule has 0 radical (unpaired) electrons. The first-order valence-electron chi connectivity index (χ1n) is 8.70. The molecule has 1 aromatic heterocycles. The third-order valence-corrected chi connectivity index (χ3v) is 5.73. The fraction of sp³-hybridized carbons (Fsp3) is 0.0476. The zero-order valence-corrected chi connectivity index (χ0v) is 17.5. The quantitative estimate of drug-likeness (QED) is 0.309. The lowest BCUT2D eigenvalue weighted by atomic mass is 10.2. The second kappa shape index (κ2) is 8.22. The summed E-state index contributed by atoms with van der Waals surface area (Å²) in [5.41, 5.74) is 1.92. The van der Waals surface area contributed by atoms with Gasteiger partial charge >= 0.3 is 6.18 Å². The number of nitrogens with one attached hydrogen (secondary N) is 2. The van der Waals surface area contributed by atoms with Gasteiger partial charge in [0, 0.05) is 22.0 Å². The van der Waals surface area contributed by atoms with Gasteiger partial charge in [-0.2, -0.15) is 13.2 Å². The number of nitrogens with zero attached hydrogens (tertiary/aromatic N) is 1. The molecule has 3 aromatic carbocycles. The van der Waals surface area contributed by atoms with E-state index in [2.05, 4.69) is 15.6 Å². The first kappa shape index (κ1) is 20.6. The van der Waals surface area contributed by atoms with Crippen LogP contribution in [0.25, 0.3) is 20.8 Å². The maximum absolute atomic E-state index is 12.9. The fourth-order valence-corrected chi connectivity index (χ4v) is 4.09. The molecular formula is C21H13ClF3N3S2. The minimum Gasteiger partial charge on any atom is -0.332 e. The van der Waals surface area contributed by atoms with Crippen molar-refractivity contribution in [3.05, 3.63) is 77.3 Å². The molecule has 0 saturated heterocycles. The number of thiazole rings is 1. The Morgan fingerprint density at radius 2 is 1.67 bits per heavy atom. The van der Waals surface area contributed by atoms with E-state index in [9.17, 15) is 13.2 Å². The van der Waals surface area contributed by atoms with Crippen LogP contribution in [-0.2, 0) is 6.18 Å². The summed E-state index contributed by atoms with van der Waals surface area (Å²) in [5.74, 6) is 0. The lowest BCUT2D eigenvalue weighted by Gasteiger charge is -2.11. The third kappa shape index (κ3) is 4.72. The van der Waals surface area contributed by atoms with Gasteiger partial charge in [-0.1, -0.05) is 23.7 Å². The van der Waals surface area contributed by atoms with E-state index in [4.69, 9.17) is 23.8 Å².